The van der Waals surface area contributed by atoms with Crippen molar-refractivity contribution in [2.45, 2.75) is 13.0 Å². The number of carbonyl (C=O) groups is 1. The molecule has 2 aromatic heterocycles. The first-order valence-corrected chi connectivity index (χ1v) is 7.07. The monoisotopic (exact) mass is 279 g/mol. The molecule has 2 unspecified atom stereocenters. The van der Waals surface area contributed by atoms with Crippen molar-refractivity contribution in [2.24, 2.45) is 0 Å². The van der Waals surface area contributed by atoms with Crippen LogP contribution in [0.3, 0.4) is 0 Å². The predicted octanol–water partition coefficient (Wildman–Crippen LogP) is 1.45. The van der Waals surface area contributed by atoms with Crippen LogP contribution in [0.2, 0.25) is 0 Å². The molecule has 2 heterocycles. The summed E-state index contributed by atoms with van der Waals surface area (Å²) in [5.41, 5.74) is 1.50. The highest BCUT2D eigenvalue weighted by Gasteiger charge is 2.17. The SMILES string of the molecule is CC(OS(C)=O)c1nc(C=O)ccc1-n1cccn1. The van der Waals surface area contributed by atoms with Gasteiger partial charge in [-0.2, -0.15) is 5.10 Å². The third kappa shape index (κ3) is 3.12. The number of aldehydes is 1. The Morgan fingerprint density at radius 3 is 2.84 bits per heavy atom. The van der Waals surface area contributed by atoms with Crippen molar-refractivity contribution < 1.29 is 13.2 Å². The normalized spacial score (nSPS) is 14.0. The molecule has 0 aliphatic carbocycles. The van der Waals surface area contributed by atoms with Crippen LogP contribution in [-0.4, -0.2) is 31.5 Å². The summed E-state index contributed by atoms with van der Waals surface area (Å²) in [5, 5.41) is 4.12. The Balaban J connectivity index is 2.48. The molecular weight excluding hydrogens is 266 g/mol. The van der Waals surface area contributed by atoms with Crippen LogP contribution in [0.4, 0.5) is 0 Å². The van der Waals surface area contributed by atoms with Crippen molar-refractivity contribution in [3.63, 3.8) is 0 Å². The van der Waals surface area contributed by atoms with E-state index in [1.165, 1.54) is 6.26 Å². The standard InChI is InChI=1S/C12H13N3O3S/c1-9(18-19(2)17)12-11(15-7-3-6-13-15)5-4-10(8-16)14-12/h3-9H,1-2H3. The molecule has 0 aromatic carbocycles. The molecule has 19 heavy (non-hydrogen) atoms. The van der Waals surface area contributed by atoms with Gasteiger partial charge in [-0.3, -0.25) is 8.98 Å². The summed E-state index contributed by atoms with van der Waals surface area (Å²) in [7, 11) is 0. The van der Waals surface area contributed by atoms with Crippen LogP contribution in [0, 0.1) is 0 Å². The van der Waals surface area contributed by atoms with Gasteiger partial charge in [0, 0.05) is 18.6 Å². The number of nitrogens with zero attached hydrogens (tertiary/aromatic N) is 3. The highest BCUT2D eigenvalue weighted by atomic mass is 32.2. The number of aromatic nitrogens is 3. The van der Waals surface area contributed by atoms with Crippen LogP contribution in [0.5, 0.6) is 0 Å². The first-order valence-electron chi connectivity index (χ1n) is 5.58. The maximum Gasteiger partial charge on any atom is 0.168 e. The van der Waals surface area contributed by atoms with Gasteiger partial charge in [-0.15, -0.1) is 0 Å². The molecule has 2 atom stereocenters. The molecular formula is C12H13N3O3S. The van der Waals surface area contributed by atoms with Gasteiger partial charge in [-0.05, 0) is 25.1 Å². The molecule has 0 fully saturated rings. The van der Waals surface area contributed by atoms with Gasteiger partial charge in [0.1, 0.15) is 11.8 Å². The maximum atomic E-state index is 11.1. The molecule has 0 bridgehead atoms. The minimum Gasteiger partial charge on any atom is -0.296 e. The van der Waals surface area contributed by atoms with Gasteiger partial charge in [-0.25, -0.2) is 13.9 Å². The summed E-state index contributed by atoms with van der Waals surface area (Å²) in [6.45, 7) is 1.73. The Morgan fingerprint density at radius 1 is 1.47 bits per heavy atom. The topological polar surface area (TPSA) is 74.1 Å². The molecule has 0 N–H and O–H groups in total. The van der Waals surface area contributed by atoms with Crippen LogP contribution < -0.4 is 0 Å². The van der Waals surface area contributed by atoms with E-state index >= 15 is 0 Å². The van der Waals surface area contributed by atoms with E-state index in [0.717, 1.165) is 0 Å². The second-order valence-electron chi connectivity index (χ2n) is 3.85. The lowest BCUT2D eigenvalue weighted by molar-refractivity contribution is 0.111. The summed E-state index contributed by atoms with van der Waals surface area (Å²) in [5.74, 6) is 0. The minimum atomic E-state index is -1.42. The molecule has 0 aliphatic heterocycles. The molecule has 7 heteroatoms. The third-order valence-electron chi connectivity index (χ3n) is 2.46. The zero-order chi connectivity index (χ0) is 13.8. The first kappa shape index (κ1) is 13.6. The number of rotatable bonds is 5. The van der Waals surface area contributed by atoms with E-state index in [1.54, 1.807) is 42.2 Å². The maximum absolute atomic E-state index is 11.1. The Hall–Kier alpha value is -1.86. The van der Waals surface area contributed by atoms with Crippen LogP contribution in [0.15, 0.2) is 30.6 Å². The molecule has 100 valence electrons. The second kappa shape index (κ2) is 5.85. The molecule has 2 rings (SSSR count). The number of carbonyl (C=O) groups excluding carboxylic acids is 1. The van der Waals surface area contributed by atoms with Crippen molar-refractivity contribution in [1.82, 2.24) is 14.8 Å². The summed E-state index contributed by atoms with van der Waals surface area (Å²) < 4.78 is 18.0. The molecule has 0 amide bonds. The third-order valence-corrected chi connectivity index (χ3v) is 3.02. The van der Waals surface area contributed by atoms with E-state index in [1.807, 2.05) is 0 Å². The molecule has 0 saturated heterocycles. The lowest BCUT2D eigenvalue weighted by Crippen LogP contribution is -2.11. The first-order chi connectivity index (χ1) is 9.11. The fourth-order valence-electron chi connectivity index (χ4n) is 1.70. The molecule has 0 radical (unpaired) electrons. The summed E-state index contributed by atoms with van der Waals surface area (Å²) in [6.07, 6.45) is 4.99. The fourth-order valence-corrected chi connectivity index (χ4v) is 2.20. The number of pyridine rings is 1. The molecule has 0 spiro atoms. The van der Waals surface area contributed by atoms with Crippen molar-refractivity contribution in [3.05, 3.63) is 42.0 Å². The van der Waals surface area contributed by atoms with Crippen molar-refractivity contribution in [1.29, 1.82) is 0 Å². The van der Waals surface area contributed by atoms with E-state index in [0.29, 0.717) is 23.4 Å². The number of hydrogen-bond donors (Lipinski definition) is 0. The molecule has 2 aromatic rings. The second-order valence-corrected chi connectivity index (χ2v) is 4.84. The van der Waals surface area contributed by atoms with Gasteiger partial charge >= 0.3 is 0 Å². The van der Waals surface area contributed by atoms with E-state index in [-0.39, 0.29) is 0 Å². The number of hydrogen-bond acceptors (Lipinski definition) is 5. The summed E-state index contributed by atoms with van der Waals surface area (Å²) in [4.78, 5) is 15.0. The average Bonchev–Trinajstić information content (AvgIpc) is 2.91. The fraction of sp³-hybridized carbons (Fsp3) is 0.250. The van der Waals surface area contributed by atoms with Gasteiger partial charge in [-0.1, -0.05) is 0 Å². The molecule has 0 aliphatic rings. The minimum absolute atomic E-state index is 0.295. The Bertz CT molecular complexity index is 598. The van der Waals surface area contributed by atoms with Crippen LogP contribution in [0.25, 0.3) is 5.69 Å². The van der Waals surface area contributed by atoms with E-state index in [4.69, 9.17) is 4.18 Å². The zero-order valence-electron chi connectivity index (χ0n) is 10.5. The predicted molar refractivity (Wildman–Crippen MR) is 70.3 cm³/mol. The van der Waals surface area contributed by atoms with Gasteiger partial charge in [0.25, 0.3) is 0 Å². The quantitative estimate of drug-likeness (QED) is 0.774. The van der Waals surface area contributed by atoms with Crippen molar-refractivity contribution in [2.75, 3.05) is 6.26 Å². The van der Waals surface area contributed by atoms with Gasteiger partial charge < -0.3 is 0 Å². The van der Waals surface area contributed by atoms with Gasteiger partial charge in [0.2, 0.25) is 0 Å². The van der Waals surface area contributed by atoms with E-state index in [9.17, 15) is 9.00 Å². The summed E-state index contributed by atoms with van der Waals surface area (Å²) >= 11 is -1.42. The zero-order valence-corrected chi connectivity index (χ0v) is 11.3. The summed E-state index contributed by atoms with van der Waals surface area (Å²) in [6, 6.07) is 5.11. The smallest absolute Gasteiger partial charge is 0.168 e. The van der Waals surface area contributed by atoms with Gasteiger partial charge in [0.15, 0.2) is 17.4 Å². The van der Waals surface area contributed by atoms with Crippen molar-refractivity contribution >= 4 is 17.4 Å². The lowest BCUT2D eigenvalue weighted by Gasteiger charge is -2.14. The van der Waals surface area contributed by atoms with Crippen LogP contribution >= 0.6 is 0 Å². The Morgan fingerprint density at radius 2 is 2.26 bits per heavy atom. The Labute approximate surface area is 113 Å². The lowest BCUT2D eigenvalue weighted by atomic mass is 10.2. The molecule has 6 nitrogen and oxygen atoms in total. The van der Waals surface area contributed by atoms with E-state index in [2.05, 4.69) is 10.1 Å². The van der Waals surface area contributed by atoms with Gasteiger partial charge in [0.05, 0.1) is 11.4 Å². The van der Waals surface area contributed by atoms with Crippen LogP contribution in [0.1, 0.15) is 29.2 Å². The van der Waals surface area contributed by atoms with E-state index < -0.39 is 17.2 Å². The van der Waals surface area contributed by atoms with Crippen LogP contribution in [-0.2, 0) is 15.3 Å². The largest absolute Gasteiger partial charge is 0.296 e. The molecule has 0 saturated carbocycles. The van der Waals surface area contributed by atoms with Crippen molar-refractivity contribution in [3.8, 4) is 5.69 Å². The average molecular weight is 279 g/mol. The highest BCUT2D eigenvalue weighted by Crippen LogP contribution is 2.22. The Kier molecular flexibility index (Phi) is 4.18. The highest BCUT2D eigenvalue weighted by molar-refractivity contribution is 7.79.